The number of carbonyl (C=O) groups is 1. The van der Waals surface area contributed by atoms with Gasteiger partial charge in [-0.25, -0.2) is 9.18 Å². The van der Waals surface area contributed by atoms with E-state index in [0.717, 1.165) is 32.0 Å². The Morgan fingerprint density at radius 2 is 1.83 bits per heavy atom. The molecular weight excluding hydrogens is 459 g/mol. The normalized spacial score (nSPS) is 17.6. The summed E-state index contributed by atoms with van der Waals surface area (Å²) in [7, 11) is 2.11. The van der Waals surface area contributed by atoms with Crippen molar-refractivity contribution in [2.45, 2.75) is 25.8 Å². The summed E-state index contributed by atoms with van der Waals surface area (Å²) in [5.41, 5.74) is 1.45. The molecule has 184 valence electrons. The van der Waals surface area contributed by atoms with Crippen LogP contribution in [0.1, 0.15) is 30.7 Å². The number of alkyl halides is 2. The zero-order valence-corrected chi connectivity index (χ0v) is 19.3. The molecule has 0 bridgehead atoms. The average molecular weight is 486 g/mol. The van der Waals surface area contributed by atoms with Gasteiger partial charge in [0.2, 0.25) is 5.89 Å². The first-order chi connectivity index (χ1) is 16.8. The molecule has 0 N–H and O–H groups in total. The number of aromatic nitrogens is 2. The lowest BCUT2D eigenvalue weighted by molar-refractivity contribution is -0.0228. The highest BCUT2D eigenvalue weighted by Crippen LogP contribution is 2.40. The second kappa shape index (κ2) is 9.33. The number of hydrogen-bond acceptors (Lipinski definition) is 5. The summed E-state index contributed by atoms with van der Waals surface area (Å²) in [6.45, 7) is 3.48. The van der Waals surface area contributed by atoms with E-state index in [1.165, 1.54) is 12.1 Å². The van der Waals surface area contributed by atoms with Crippen molar-refractivity contribution in [3.8, 4) is 11.5 Å². The molecule has 7 nitrogen and oxygen atoms in total. The zero-order valence-electron chi connectivity index (χ0n) is 19.3. The molecule has 3 aromatic rings. The number of hydrogen-bond donors (Lipinski definition) is 0. The SMILES string of the molecule is CN1CC2(CCN(C(=O)N(Cc3ccc(-c4nnc(C(F)F)o4)cc3F)c3ccccc3)CC2)C1. The van der Waals surface area contributed by atoms with Crippen LogP contribution >= 0.6 is 0 Å². The Morgan fingerprint density at radius 3 is 2.43 bits per heavy atom. The highest BCUT2D eigenvalue weighted by atomic mass is 19.3. The molecule has 1 aromatic heterocycles. The highest BCUT2D eigenvalue weighted by molar-refractivity contribution is 5.92. The van der Waals surface area contributed by atoms with Crippen LogP contribution in [0.4, 0.5) is 23.7 Å². The minimum atomic E-state index is -2.90. The summed E-state index contributed by atoms with van der Waals surface area (Å²) in [6, 6.07) is 13.2. The number of amides is 2. The first-order valence-electron chi connectivity index (χ1n) is 11.5. The van der Waals surface area contributed by atoms with Crippen molar-refractivity contribution in [1.82, 2.24) is 20.0 Å². The molecule has 2 aromatic carbocycles. The molecule has 0 unspecified atom stereocenters. The third-order valence-electron chi connectivity index (χ3n) is 6.86. The smallest absolute Gasteiger partial charge is 0.324 e. The number of carbonyl (C=O) groups excluding carboxylic acids is 1. The van der Waals surface area contributed by atoms with E-state index in [1.807, 2.05) is 35.2 Å². The average Bonchev–Trinajstić information content (AvgIpc) is 3.34. The number of anilines is 1. The van der Waals surface area contributed by atoms with Gasteiger partial charge in [0.1, 0.15) is 5.82 Å². The fourth-order valence-corrected chi connectivity index (χ4v) is 5.05. The third kappa shape index (κ3) is 4.75. The molecule has 0 saturated carbocycles. The topological polar surface area (TPSA) is 65.7 Å². The van der Waals surface area contributed by atoms with Gasteiger partial charge in [0.25, 0.3) is 5.89 Å². The van der Waals surface area contributed by atoms with Crippen molar-refractivity contribution in [3.05, 3.63) is 65.8 Å². The fourth-order valence-electron chi connectivity index (χ4n) is 5.05. The molecule has 0 atom stereocenters. The Hall–Kier alpha value is -3.40. The minimum absolute atomic E-state index is 0.0193. The number of rotatable bonds is 5. The summed E-state index contributed by atoms with van der Waals surface area (Å²) in [5.74, 6) is -1.60. The van der Waals surface area contributed by atoms with Crippen LogP contribution in [-0.4, -0.2) is 59.3 Å². The molecule has 3 heterocycles. The van der Waals surface area contributed by atoms with Crippen molar-refractivity contribution in [2.24, 2.45) is 5.41 Å². The second-order valence-corrected chi connectivity index (χ2v) is 9.42. The van der Waals surface area contributed by atoms with Crippen molar-refractivity contribution >= 4 is 11.7 Å². The maximum Gasteiger partial charge on any atom is 0.324 e. The summed E-state index contributed by atoms with van der Waals surface area (Å²) in [6.07, 6.45) is -0.986. The molecule has 5 rings (SSSR count). The lowest BCUT2D eigenvalue weighted by Gasteiger charge is -2.53. The van der Waals surface area contributed by atoms with Gasteiger partial charge < -0.3 is 14.2 Å². The van der Waals surface area contributed by atoms with Crippen LogP contribution in [-0.2, 0) is 6.54 Å². The Kier molecular flexibility index (Phi) is 6.22. The number of likely N-dealkylation sites (tertiary alicyclic amines) is 2. The van der Waals surface area contributed by atoms with Crippen LogP contribution < -0.4 is 4.90 Å². The second-order valence-electron chi connectivity index (χ2n) is 9.42. The molecule has 2 amide bonds. The standard InChI is InChI=1S/C25H26F3N5O2/c1-31-15-25(16-31)9-11-32(12-10-25)24(34)33(19-5-3-2-4-6-19)14-18-8-7-17(13-20(18)26)22-29-30-23(35-22)21(27)28/h2-8,13,21H,9-12,14-16H2,1H3. The number of para-hydroxylation sites is 1. The van der Waals surface area contributed by atoms with Crippen molar-refractivity contribution in [3.63, 3.8) is 0 Å². The Balaban J connectivity index is 1.35. The summed E-state index contributed by atoms with van der Waals surface area (Å²) >= 11 is 0. The van der Waals surface area contributed by atoms with Gasteiger partial charge >= 0.3 is 12.5 Å². The Morgan fingerprint density at radius 1 is 1.11 bits per heavy atom. The fraction of sp³-hybridized carbons (Fsp3) is 0.400. The van der Waals surface area contributed by atoms with Gasteiger partial charge in [-0.15, -0.1) is 10.2 Å². The lowest BCUT2D eigenvalue weighted by Crippen LogP contribution is -2.60. The number of urea groups is 1. The summed E-state index contributed by atoms with van der Waals surface area (Å²) < 4.78 is 45.5. The zero-order chi connectivity index (χ0) is 24.6. The van der Waals surface area contributed by atoms with E-state index in [-0.39, 0.29) is 29.6 Å². The maximum absolute atomic E-state index is 15.1. The number of nitrogens with zero attached hydrogens (tertiary/aromatic N) is 5. The molecular formula is C25H26F3N5O2. The van der Waals surface area contributed by atoms with Crippen LogP contribution in [0.15, 0.2) is 52.9 Å². The largest absolute Gasteiger partial charge is 0.415 e. The molecule has 2 aliphatic heterocycles. The van der Waals surface area contributed by atoms with Crippen molar-refractivity contribution in [1.29, 1.82) is 0 Å². The van der Waals surface area contributed by atoms with Crippen LogP contribution in [0.5, 0.6) is 0 Å². The first-order valence-corrected chi connectivity index (χ1v) is 11.5. The molecule has 2 saturated heterocycles. The quantitative estimate of drug-likeness (QED) is 0.511. The molecule has 1 spiro atoms. The van der Waals surface area contributed by atoms with Crippen LogP contribution in [0.25, 0.3) is 11.5 Å². The molecule has 10 heteroatoms. The Labute approximate surface area is 201 Å². The van der Waals surface area contributed by atoms with Crippen molar-refractivity contribution < 1.29 is 22.4 Å². The van der Waals surface area contributed by atoms with Crippen LogP contribution in [0.3, 0.4) is 0 Å². The predicted molar refractivity (Wildman–Crippen MR) is 123 cm³/mol. The van der Waals surface area contributed by atoms with Gasteiger partial charge in [-0.1, -0.05) is 24.3 Å². The predicted octanol–water partition coefficient (Wildman–Crippen LogP) is 4.97. The van der Waals surface area contributed by atoms with E-state index in [4.69, 9.17) is 4.42 Å². The molecule has 35 heavy (non-hydrogen) atoms. The highest BCUT2D eigenvalue weighted by Gasteiger charge is 2.44. The molecule has 2 fully saturated rings. The van der Waals surface area contributed by atoms with E-state index in [0.29, 0.717) is 24.2 Å². The maximum atomic E-state index is 15.1. The number of halogens is 3. The van der Waals surface area contributed by atoms with Crippen molar-refractivity contribution in [2.75, 3.05) is 38.1 Å². The number of benzene rings is 2. The van der Waals surface area contributed by atoms with Crippen LogP contribution in [0.2, 0.25) is 0 Å². The monoisotopic (exact) mass is 485 g/mol. The third-order valence-corrected chi connectivity index (χ3v) is 6.86. The van der Waals surface area contributed by atoms with E-state index in [2.05, 4.69) is 22.1 Å². The summed E-state index contributed by atoms with van der Waals surface area (Å²) in [5, 5.41) is 6.85. The van der Waals surface area contributed by atoms with E-state index >= 15 is 4.39 Å². The molecule has 0 radical (unpaired) electrons. The first kappa shape index (κ1) is 23.3. The molecule has 2 aliphatic rings. The van der Waals surface area contributed by atoms with Gasteiger partial charge in [-0.3, -0.25) is 4.90 Å². The van der Waals surface area contributed by atoms with Gasteiger partial charge in [0.05, 0.1) is 6.54 Å². The van der Waals surface area contributed by atoms with Crippen LogP contribution in [0, 0.1) is 11.2 Å². The van der Waals surface area contributed by atoms with Gasteiger partial charge in [0.15, 0.2) is 0 Å². The van der Waals surface area contributed by atoms with Gasteiger partial charge in [-0.05, 0) is 49.6 Å². The Bertz CT molecular complexity index is 1190. The minimum Gasteiger partial charge on any atom is -0.415 e. The lowest BCUT2D eigenvalue weighted by atomic mass is 9.72. The van der Waals surface area contributed by atoms with E-state index in [9.17, 15) is 13.6 Å². The van der Waals surface area contributed by atoms with E-state index in [1.54, 1.807) is 4.90 Å². The van der Waals surface area contributed by atoms with Gasteiger partial charge in [0, 0.05) is 43.0 Å². The molecule has 0 aliphatic carbocycles. The van der Waals surface area contributed by atoms with Gasteiger partial charge in [-0.2, -0.15) is 8.78 Å². The summed E-state index contributed by atoms with van der Waals surface area (Å²) in [4.78, 5) is 19.3. The number of piperidine rings is 1. The van der Waals surface area contributed by atoms with E-state index < -0.39 is 18.1 Å².